The van der Waals surface area contributed by atoms with E-state index in [0.29, 0.717) is 15.7 Å². The molecule has 1 unspecified atom stereocenters. The third kappa shape index (κ3) is 4.55. The van der Waals surface area contributed by atoms with E-state index in [2.05, 4.69) is 21.2 Å². The minimum atomic E-state index is -0.939. The Labute approximate surface area is 120 Å². The van der Waals surface area contributed by atoms with Gasteiger partial charge in [0.25, 0.3) is 5.91 Å². The van der Waals surface area contributed by atoms with Crippen LogP contribution in [0.15, 0.2) is 22.7 Å². The fourth-order valence-electron chi connectivity index (χ4n) is 1.60. The van der Waals surface area contributed by atoms with Crippen molar-refractivity contribution in [3.8, 4) is 0 Å². The number of nitrogen functional groups attached to an aromatic ring is 1. The predicted octanol–water partition coefficient (Wildman–Crippen LogP) is 2.26. The van der Waals surface area contributed by atoms with E-state index in [-0.39, 0.29) is 18.2 Å². The summed E-state index contributed by atoms with van der Waals surface area (Å²) in [6.45, 7) is 3.73. The van der Waals surface area contributed by atoms with Gasteiger partial charge in [0.2, 0.25) is 0 Å². The van der Waals surface area contributed by atoms with Gasteiger partial charge in [-0.05, 0) is 40.0 Å². The van der Waals surface area contributed by atoms with Crippen LogP contribution in [0.2, 0.25) is 0 Å². The molecule has 104 valence electrons. The highest BCUT2D eigenvalue weighted by molar-refractivity contribution is 9.10. The van der Waals surface area contributed by atoms with Crippen LogP contribution in [0.4, 0.5) is 5.69 Å². The average Bonchev–Trinajstić information content (AvgIpc) is 2.30. The number of carbonyl (C=O) groups is 2. The molecule has 4 N–H and O–H groups in total. The van der Waals surface area contributed by atoms with E-state index in [1.54, 1.807) is 18.2 Å². The van der Waals surface area contributed by atoms with Crippen LogP contribution in [0.3, 0.4) is 0 Å². The molecule has 1 rings (SSSR count). The topological polar surface area (TPSA) is 92.4 Å². The minimum absolute atomic E-state index is 0.0277. The van der Waals surface area contributed by atoms with E-state index in [4.69, 9.17) is 10.8 Å². The van der Waals surface area contributed by atoms with Gasteiger partial charge in [-0.3, -0.25) is 9.59 Å². The molecule has 0 radical (unpaired) electrons. The summed E-state index contributed by atoms with van der Waals surface area (Å²) >= 11 is 3.28. The molecular weight excluding hydrogens is 312 g/mol. The van der Waals surface area contributed by atoms with Gasteiger partial charge in [-0.25, -0.2) is 0 Å². The lowest BCUT2D eigenvalue weighted by molar-refractivity contribution is -0.137. The Bertz CT molecular complexity index is 489. The smallest absolute Gasteiger partial charge is 0.305 e. The molecule has 1 aromatic rings. The molecule has 6 heteroatoms. The highest BCUT2D eigenvalue weighted by Crippen LogP contribution is 2.20. The Balaban J connectivity index is 2.87. The number of hydrogen-bond acceptors (Lipinski definition) is 3. The molecule has 1 aromatic carbocycles. The van der Waals surface area contributed by atoms with Gasteiger partial charge in [0.1, 0.15) is 0 Å². The first-order chi connectivity index (χ1) is 8.81. The van der Waals surface area contributed by atoms with Crippen molar-refractivity contribution in [2.45, 2.75) is 26.3 Å². The molecule has 0 saturated heterocycles. The summed E-state index contributed by atoms with van der Waals surface area (Å²) < 4.78 is 0.622. The summed E-state index contributed by atoms with van der Waals surface area (Å²) in [6.07, 6.45) is -0.108. The normalized spacial score (nSPS) is 12.2. The van der Waals surface area contributed by atoms with Crippen molar-refractivity contribution in [1.29, 1.82) is 0 Å². The summed E-state index contributed by atoms with van der Waals surface area (Å²) in [4.78, 5) is 22.9. The monoisotopic (exact) mass is 328 g/mol. The number of hydrogen-bond donors (Lipinski definition) is 3. The van der Waals surface area contributed by atoms with Crippen LogP contribution >= 0.6 is 15.9 Å². The van der Waals surface area contributed by atoms with Crippen LogP contribution in [0.1, 0.15) is 30.6 Å². The van der Waals surface area contributed by atoms with Crippen LogP contribution in [-0.4, -0.2) is 23.0 Å². The quantitative estimate of drug-likeness (QED) is 0.723. The molecule has 0 spiro atoms. The van der Waals surface area contributed by atoms with Gasteiger partial charge in [-0.1, -0.05) is 13.8 Å². The van der Waals surface area contributed by atoms with Gasteiger partial charge in [0.15, 0.2) is 0 Å². The molecule has 0 heterocycles. The minimum Gasteiger partial charge on any atom is -0.481 e. The summed E-state index contributed by atoms with van der Waals surface area (Å²) in [7, 11) is 0. The van der Waals surface area contributed by atoms with Crippen molar-refractivity contribution in [2.24, 2.45) is 5.92 Å². The van der Waals surface area contributed by atoms with Crippen molar-refractivity contribution in [2.75, 3.05) is 5.73 Å². The van der Waals surface area contributed by atoms with Crippen LogP contribution in [0, 0.1) is 5.92 Å². The lowest BCUT2D eigenvalue weighted by Gasteiger charge is -2.21. The highest BCUT2D eigenvalue weighted by atomic mass is 79.9. The van der Waals surface area contributed by atoms with Crippen LogP contribution in [-0.2, 0) is 4.79 Å². The molecule has 0 saturated carbocycles. The standard InChI is InChI=1S/C13H17BrN2O3/c1-7(2)11(6-12(17)18)16-13(19)9-5-8(15)3-4-10(9)14/h3-5,7,11H,6,15H2,1-2H3,(H,16,19)(H,17,18). The van der Waals surface area contributed by atoms with Gasteiger partial charge in [-0.2, -0.15) is 0 Å². The maximum Gasteiger partial charge on any atom is 0.305 e. The van der Waals surface area contributed by atoms with E-state index in [1.165, 1.54) is 0 Å². The number of carboxylic acid groups (broad SMARTS) is 1. The van der Waals surface area contributed by atoms with E-state index in [1.807, 2.05) is 13.8 Å². The fraction of sp³-hybridized carbons (Fsp3) is 0.385. The molecular formula is C13H17BrN2O3. The number of rotatable bonds is 5. The molecule has 19 heavy (non-hydrogen) atoms. The molecule has 0 bridgehead atoms. The van der Waals surface area contributed by atoms with Gasteiger partial charge >= 0.3 is 5.97 Å². The van der Waals surface area contributed by atoms with E-state index in [0.717, 1.165) is 0 Å². The second-order valence-electron chi connectivity index (χ2n) is 4.66. The Hall–Kier alpha value is -1.56. The van der Waals surface area contributed by atoms with E-state index >= 15 is 0 Å². The molecule has 0 aliphatic heterocycles. The second kappa shape index (κ2) is 6.56. The zero-order chi connectivity index (χ0) is 14.6. The second-order valence-corrected chi connectivity index (χ2v) is 5.52. The number of nitrogens with two attached hydrogens (primary N) is 1. The number of anilines is 1. The summed E-state index contributed by atoms with van der Waals surface area (Å²) in [5.74, 6) is -1.25. The number of nitrogens with one attached hydrogen (secondary N) is 1. The maximum atomic E-state index is 12.1. The SMILES string of the molecule is CC(C)C(CC(=O)O)NC(=O)c1cc(N)ccc1Br. The first-order valence-electron chi connectivity index (χ1n) is 5.89. The summed E-state index contributed by atoms with van der Waals surface area (Å²) in [5, 5.41) is 11.6. The zero-order valence-corrected chi connectivity index (χ0v) is 12.4. The Kier molecular flexibility index (Phi) is 5.35. The highest BCUT2D eigenvalue weighted by Gasteiger charge is 2.21. The van der Waals surface area contributed by atoms with Crippen LogP contribution < -0.4 is 11.1 Å². The van der Waals surface area contributed by atoms with Gasteiger partial charge in [-0.15, -0.1) is 0 Å². The third-order valence-corrected chi connectivity index (χ3v) is 3.44. The van der Waals surface area contributed by atoms with Crippen molar-refractivity contribution < 1.29 is 14.7 Å². The van der Waals surface area contributed by atoms with Gasteiger partial charge in [0.05, 0.1) is 12.0 Å². The lowest BCUT2D eigenvalue weighted by Crippen LogP contribution is -2.40. The Morgan fingerprint density at radius 1 is 1.42 bits per heavy atom. The Morgan fingerprint density at radius 2 is 2.05 bits per heavy atom. The molecule has 1 atom stereocenters. The van der Waals surface area contributed by atoms with Gasteiger partial charge < -0.3 is 16.2 Å². The predicted molar refractivity (Wildman–Crippen MR) is 76.9 cm³/mol. The van der Waals surface area contributed by atoms with Crippen molar-refractivity contribution in [3.05, 3.63) is 28.2 Å². The van der Waals surface area contributed by atoms with E-state index in [9.17, 15) is 9.59 Å². The average molecular weight is 329 g/mol. The number of halogens is 1. The van der Waals surface area contributed by atoms with Crippen molar-refractivity contribution >= 4 is 33.5 Å². The largest absolute Gasteiger partial charge is 0.481 e. The van der Waals surface area contributed by atoms with Gasteiger partial charge in [0, 0.05) is 16.2 Å². The molecule has 0 aliphatic carbocycles. The number of amides is 1. The van der Waals surface area contributed by atoms with Crippen LogP contribution in [0.25, 0.3) is 0 Å². The van der Waals surface area contributed by atoms with Crippen molar-refractivity contribution in [3.63, 3.8) is 0 Å². The number of carboxylic acids is 1. The number of benzene rings is 1. The summed E-state index contributed by atoms with van der Waals surface area (Å²) in [6, 6.07) is 4.50. The molecule has 1 amide bonds. The first-order valence-corrected chi connectivity index (χ1v) is 6.68. The lowest BCUT2D eigenvalue weighted by atomic mass is 10.0. The number of carbonyl (C=O) groups excluding carboxylic acids is 1. The third-order valence-electron chi connectivity index (χ3n) is 2.75. The first kappa shape index (κ1) is 15.5. The Morgan fingerprint density at radius 3 is 2.58 bits per heavy atom. The molecule has 0 aromatic heterocycles. The molecule has 5 nitrogen and oxygen atoms in total. The van der Waals surface area contributed by atoms with E-state index < -0.39 is 12.0 Å². The maximum absolute atomic E-state index is 12.1. The zero-order valence-electron chi connectivity index (χ0n) is 10.8. The van der Waals surface area contributed by atoms with Crippen molar-refractivity contribution in [1.82, 2.24) is 5.32 Å². The number of aliphatic carboxylic acids is 1. The van der Waals surface area contributed by atoms with Crippen LogP contribution in [0.5, 0.6) is 0 Å². The molecule has 0 fully saturated rings. The molecule has 0 aliphatic rings. The fourth-order valence-corrected chi connectivity index (χ4v) is 2.03. The summed E-state index contributed by atoms with van der Waals surface area (Å²) in [5.41, 5.74) is 6.52.